The van der Waals surface area contributed by atoms with Gasteiger partial charge < -0.3 is 21.8 Å². The maximum absolute atomic E-state index is 7.13. The minimum Gasteiger partial charge on any atom is -0.696 e. The SMILES string of the molecule is CCCOC[N+]1(CC)CCCC1.N#C[S-]. The van der Waals surface area contributed by atoms with E-state index in [0.717, 1.165) is 19.8 Å². The Morgan fingerprint density at radius 2 is 1.87 bits per heavy atom. The van der Waals surface area contributed by atoms with Gasteiger partial charge in [-0.05, 0) is 13.3 Å². The summed E-state index contributed by atoms with van der Waals surface area (Å²) in [6, 6.07) is 0. The van der Waals surface area contributed by atoms with E-state index in [9.17, 15) is 0 Å². The fraction of sp³-hybridized carbons (Fsp3) is 0.909. The smallest absolute Gasteiger partial charge is 0.183 e. The first-order chi connectivity index (χ1) is 7.24. The van der Waals surface area contributed by atoms with Gasteiger partial charge in [0.05, 0.1) is 26.2 Å². The van der Waals surface area contributed by atoms with E-state index in [-0.39, 0.29) is 0 Å². The largest absolute Gasteiger partial charge is 0.696 e. The van der Waals surface area contributed by atoms with Crippen molar-refractivity contribution in [2.45, 2.75) is 33.1 Å². The molecule has 0 aromatic heterocycles. The van der Waals surface area contributed by atoms with Gasteiger partial charge in [-0.2, -0.15) is 0 Å². The van der Waals surface area contributed by atoms with E-state index < -0.39 is 0 Å². The van der Waals surface area contributed by atoms with Crippen LogP contribution in [0.2, 0.25) is 0 Å². The zero-order valence-corrected chi connectivity index (χ0v) is 10.7. The highest BCUT2D eigenvalue weighted by Gasteiger charge is 2.29. The molecule has 3 nitrogen and oxygen atoms in total. The van der Waals surface area contributed by atoms with Crippen LogP contribution >= 0.6 is 0 Å². The number of nitriles is 1. The molecule has 0 N–H and O–H groups in total. The standard InChI is InChI=1S/C10H22NO.CHNS/c1-3-9-12-10-11(4-2)7-5-6-8-11;2-1-3/h3-10H2,1-2H3;3H/q+1;/p-1. The number of likely N-dealkylation sites (tertiary alicyclic amines) is 1. The van der Waals surface area contributed by atoms with Crippen molar-refractivity contribution >= 4 is 12.6 Å². The number of ether oxygens (including phenoxy) is 1. The maximum Gasteiger partial charge on any atom is 0.183 e. The van der Waals surface area contributed by atoms with Crippen LogP contribution in [0.3, 0.4) is 0 Å². The molecular formula is C11H22N2OS. The normalized spacial score (nSPS) is 17.7. The molecule has 88 valence electrons. The van der Waals surface area contributed by atoms with E-state index in [1.54, 1.807) is 0 Å². The number of hydrogen-bond donors (Lipinski definition) is 0. The summed E-state index contributed by atoms with van der Waals surface area (Å²) in [6.07, 6.45) is 3.93. The molecule has 1 saturated heterocycles. The summed E-state index contributed by atoms with van der Waals surface area (Å²) in [4.78, 5) is 0. The van der Waals surface area contributed by atoms with Crippen LogP contribution in [0.4, 0.5) is 0 Å². The van der Waals surface area contributed by atoms with Crippen LogP contribution in [-0.2, 0) is 17.4 Å². The predicted octanol–water partition coefficient (Wildman–Crippen LogP) is 2.02. The first-order valence-electron chi connectivity index (χ1n) is 5.68. The van der Waals surface area contributed by atoms with Crippen molar-refractivity contribution in [3.05, 3.63) is 0 Å². The molecule has 1 heterocycles. The van der Waals surface area contributed by atoms with Crippen LogP contribution in [0, 0.1) is 10.7 Å². The van der Waals surface area contributed by atoms with Gasteiger partial charge in [-0.1, -0.05) is 12.3 Å². The third-order valence-corrected chi connectivity index (χ3v) is 2.90. The zero-order valence-electron chi connectivity index (χ0n) is 9.87. The lowest BCUT2D eigenvalue weighted by Crippen LogP contribution is -2.46. The zero-order chi connectivity index (χ0) is 11.6. The molecule has 1 rings (SSSR count). The Bertz CT molecular complexity index is 186. The maximum atomic E-state index is 7.13. The molecule has 0 atom stereocenters. The average Bonchev–Trinajstić information content (AvgIpc) is 2.69. The number of hydrogen-bond acceptors (Lipinski definition) is 3. The average molecular weight is 230 g/mol. The van der Waals surface area contributed by atoms with E-state index in [1.165, 1.54) is 42.4 Å². The first kappa shape index (κ1) is 14.6. The van der Waals surface area contributed by atoms with E-state index in [1.807, 2.05) is 0 Å². The minimum absolute atomic E-state index is 0.931. The van der Waals surface area contributed by atoms with Crippen molar-refractivity contribution in [1.29, 1.82) is 5.26 Å². The highest BCUT2D eigenvalue weighted by Crippen LogP contribution is 2.18. The Labute approximate surface area is 99.0 Å². The van der Waals surface area contributed by atoms with Gasteiger partial charge in [-0.3, -0.25) is 0 Å². The summed E-state index contributed by atoms with van der Waals surface area (Å²) < 4.78 is 6.84. The molecule has 0 bridgehead atoms. The van der Waals surface area contributed by atoms with Gasteiger partial charge in [0.2, 0.25) is 0 Å². The Kier molecular flexibility index (Phi) is 8.68. The summed E-state index contributed by atoms with van der Waals surface area (Å²) in [7, 11) is 0. The quantitative estimate of drug-likeness (QED) is 0.313. The fourth-order valence-electron chi connectivity index (χ4n) is 1.95. The molecule has 0 aliphatic carbocycles. The molecular weight excluding hydrogens is 208 g/mol. The summed E-state index contributed by atoms with van der Waals surface area (Å²) in [5, 5.41) is 8.47. The van der Waals surface area contributed by atoms with Gasteiger partial charge in [0.25, 0.3) is 0 Å². The Morgan fingerprint density at radius 3 is 2.27 bits per heavy atom. The lowest BCUT2D eigenvalue weighted by Gasteiger charge is -2.32. The fourth-order valence-corrected chi connectivity index (χ4v) is 1.95. The number of nitrogens with zero attached hydrogens (tertiary/aromatic N) is 2. The summed E-state index contributed by atoms with van der Waals surface area (Å²) in [6.45, 7) is 10.2. The Hall–Kier alpha value is -0.370. The van der Waals surface area contributed by atoms with Gasteiger partial charge in [0, 0.05) is 12.8 Å². The van der Waals surface area contributed by atoms with E-state index in [0.29, 0.717) is 0 Å². The van der Waals surface area contributed by atoms with Gasteiger partial charge in [-0.15, -0.1) is 0 Å². The molecule has 0 amide bonds. The third kappa shape index (κ3) is 5.93. The Morgan fingerprint density at radius 1 is 1.33 bits per heavy atom. The van der Waals surface area contributed by atoms with Crippen LogP contribution in [0.25, 0.3) is 0 Å². The van der Waals surface area contributed by atoms with Gasteiger partial charge in [0.15, 0.2) is 6.73 Å². The van der Waals surface area contributed by atoms with Crippen LogP contribution in [0.5, 0.6) is 0 Å². The van der Waals surface area contributed by atoms with Crippen molar-refractivity contribution < 1.29 is 9.22 Å². The lowest BCUT2D eigenvalue weighted by atomic mass is 10.4. The highest BCUT2D eigenvalue weighted by molar-refractivity contribution is 7.64. The van der Waals surface area contributed by atoms with Crippen molar-refractivity contribution in [1.82, 2.24) is 0 Å². The van der Waals surface area contributed by atoms with Crippen molar-refractivity contribution in [3.63, 3.8) is 0 Å². The molecule has 0 unspecified atom stereocenters. The lowest BCUT2D eigenvalue weighted by molar-refractivity contribution is -0.933. The van der Waals surface area contributed by atoms with Crippen LogP contribution in [0.1, 0.15) is 33.1 Å². The summed E-state index contributed by atoms with van der Waals surface area (Å²) in [5.41, 5.74) is 0. The molecule has 15 heavy (non-hydrogen) atoms. The van der Waals surface area contributed by atoms with Crippen molar-refractivity contribution in [3.8, 4) is 5.40 Å². The number of quaternary nitrogens is 1. The predicted molar refractivity (Wildman–Crippen MR) is 63.9 cm³/mol. The Balaban J connectivity index is 0.000000583. The molecule has 0 aromatic carbocycles. The molecule has 1 fully saturated rings. The second-order valence-corrected chi connectivity index (χ2v) is 4.12. The molecule has 0 aromatic rings. The van der Waals surface area contributed by atoms with E-state index in [4.69, 9.17) is 10.00 Å². The first-order valence-corrected chi connectivity index (χ1v) is 6.09. The van der Waals surface area contributed by atoms with Crippen LogP contribution < -0.4 is 0 Å². The van der Waals surface area contributed by atoms with Gasteiger partial charge in [-0.25, -0.2) is 5.26 Å². The monoisotopic (exact) mass is 230 g/mol. The molecule has 1 aliphatic heterocycles. The third-order valence-electron chi connectivity index (χ3n) is 2.90. The summed E-state index contributed by atoms with van der Waals surface area (Å²) >= 11 is 3.70. The van der Waals surface area contributed by atoms with Crippen LogP contribution in [-0.4, -0.2) is 37.5 Å². The van der Waals surface area contributed by atoms with E-state index >= 15 is 0 Å². The number of thiocyanates is 1. The second kappa shape index (κ2) is 8.90. The van der Waals surface area contributed by atoms with Crippen molar-refractivity contribution in [2.75, 3.05) is 33.0 Å². The molecule has 0 radical (unpaired) electrons. The van der Waals surface area contributed by atoms with E-state index in [2.05, 4.69) is 26.5 Å². The second-order valence-electron chi connectivity index (χ2n) is 3.94. The minimum atomic E-state index is 0.931. The van der Waals surface area contributed by atoms with Gasteiger partial charge in [0.1, 0.15) is 0 Å². The van der Waals surface area contributed by atoms with Crippen molar-refractivity contribution in [2.24, 2.45) is 0 Å². The molecule has 1 aliphatic rings. The van der Waals surface area contributed by atoms with Gasteiger partial charge >= 0.3 is 0 Å². The van der Waals surface area contributed by atoms with Crippen LogP contribution in [0.15, 0.2) is 0 Å². The topological polar surface area (TPSA) is 33.0 Å². The summed E-state index contributed by atoms with van der Waals surface area (Å²) in [5.74, 6) is 0. The highest BCUT2D eigenvalue weighted by atomic mass is 32.1. The number of rotatable bonds is 5. The molecule has 4 heteroatoms. The molecule has 0 saturated carbocycles. The molecule has 0 spiro atoms.